The standard InChI is InChI=1S/C57H44O/c1-54(2)45-18-10-6-16-39(45)42-30-34(22-26-47(42)54)35-23-27-51-43(31-35)53(58)41-25-24-36(56(5)29-28-48-44(33-56)40-17-7-11-19-46(40)55(48,3)4)32-52(41)57(51)49-20-12-8-14-37(49)38-15-9-13-21-50(38)57/h6-32H,33H2,1-5H3. The zero-order chi connectivity index (χ0) is 39.3. The summed E-state index contributed by atoms with van der Waals surface area (Å²) in [6.07, 6.45) is 5.74. The average Bonchev–Trinajstić information content (AvgIpc) is 3.77. The van der Waals surface area contributed by atoms with Crippen LogP contribution in [0.3, 0.4) is 0 Å². The molecule has 0 aliphatic heterocycles. The van der Waals surface area contributed by atoms with Gasteiger partial charge in [0, 0.05) is 27.4 Å². The van der Waals surface area contributed by atoms with Gasteiger partial charge in [-0.25, -0.2) is 0 Å². The van der Waals surface area contributed by atoms with Gasteiger partial charge in [-0.15, -0.1) is 0 Å². The molecule has 0 saturated carbocycles. The minimum absolute atomic E-state index is 0.0310. The first kappa shape index (κ1) is 33.8. The van der Waals surface area contributed by atoms with Gasteiger partial charge >= 0.3 is 0 Å². The van der Waals surface area contributed by atoms with Gasteiger partial charge in [0.25, 0.3) is 0 Å². The molecule has 5 aliphatic carbocycles. The molecule has 1 heteroatoms. The van der Waals surface area contributed by atoms with Crippen LogP contribution in [-0.4, -0.2) is 5.78 Å². The van der Waals surface area contributed by atoms with Crippen molar-refractivity contribution in [3.8, 4) is 33.4 Å². The third kappa shape index (κ3) is 4.09. The highest BCUT2D eigenvalue weighted by Crippen LogP contribution is 2.61. The second-order valence-electron chi connectivity index (χ2n) is 18.6. The number of rotatable bonds is 2. The minimum atomic E-state index is -0.650. The highest BCUT2D eigenvalue weighted by molar-refractivity contribution is 6.15. The van der Waals surface area contributed by atoms with Gasteiger partial charge in [0.15, 0.2) is 5.78 Å². The van der Waals surface area contributed by atoms with Crippen LogP contribution in [0.4, 0.5) is 0 Å². The Balaban J connectivity index is 1.06. The lowest BCUT2D eigenvalue weighted by Crippen LogP contribution is -2.37. The lowest BCUT2D eigenvalue weighted by molar-refractivity contribution is 0.103. The van der Waals surface area contributed by atoms with E-state index in [-0.39, 0.29) is 22.0 Å². The van der Waals surface area contributed by atoms with Crippen LogP contribution in [0.25, 0.3) is 39.0 Å². The van der Waals surface area contributed by atoms with Gasteiger partial charge in [-0.1, -0.05) is 186 Å². The Morgan fingerprint density at radius 3 is 1.57 bits per heavy atom. The summed E-state index contributed by atoms with van der Waals surface area (Å²) in [5, 5.41) is 0. The maximum Gasteiger partial charge on any atom is 0.193 e. The number of hydrogen-bond donors (Lipinski definition) is 0. The highest BCUT2D eigenvalue weighted by atomic mass is 16.1. The molecule has 58 heavy (non-hydrogen) atoms. The largest absolute Gasteiger partial charge is 0.289 e. The Morgan fingerprint density at radius 1 is 0.414 bits per heavy atom. The number of carbonyl (C=O) groups excluding carboxylic acids is 1. The number of allylic oxidation sites excluding steroid dienone is 4. The predicted molar refractivity (Wildman–Crippen MR) is 238 cm³/mol. The summed E-state index contributed by atoms with van der Waals surface area (Å²) in [6, 6.07) is 56.0. The molecule has 0 N–H and O–H groups in total. The maximum atomic E-state index is 15.2. The van der Waals surface area contributed by atoms with Crippen molar-refractivity contribution in [1.29, 1.82) is 0 Å². The van der Waals surface area contributed by atoms with Crippen LogP contribution >= 0.6 is 0 Å². The van der Waals surface area contributed by atoms with E-state index in [0.29, 0.717) is 0 Å². The topological polar surface area (TPSA) is 17.1 Å². The highest BCUT2D eigenvalue weighted by Gasteiger charge is 2.52. The first-order valence-corrected chi connectivity index (χ1v) is 20.8. The Bertz CT molecular complexity index is 3030. The van der Waals surface area contributed by atoms with Gasteiger partial charge in [0.05, 0.1) is 5.41 Å². The number of benzene rings is 7. The van der Waals surface area contributed by atoms with Gasteiger partial charge in [-0.2, -0.15) is 0 Å². The Labute approximate surface area is 341 Å². The van der Waals surface area contributed by atoms with Crippen LogP contribution in [0.1, 0.15) is 107 Å². The van der Waals surface area contributed by atoms with Crippen molar-refractivity contribution in [2.45, 2.75) is 62.7 Å². The van der Waals surface area contributed by atoms with Gasteiger partial charge in [0.2, 0.25) is 0 Å². The molecule has 0 fully saturated rings. The summed E-state index contributed by atoms with van der Waals surface area (Å²) in [5.41, 5.74) is 22.1. The van der Waals surface area contributed by atoms with Crippen LogP contribution in [-0.2, 0) is 21.7 Å². The van der Waals surface area contributed by atoms with Crippen molar-refractivity contribution in [2.24, 2.45) is 0 Å². The third-order valence-corrected chi connectivity index (χ3v) is 15.0. The van der Waals surface area contributed by atoms with Crippen LogP contribution in [0.15, 0.2) is 169 Å². The van der Waals surface area contributed by atoms with E-state index in [1.165, 1.54) is 72.3 Å². The Hall–Kier alpha value is -6.31. The molecule has 12 rings (SSSR count). The molecule has 0 amide bonds. The van der Waals surface area contributed by atoms with E-state index in [1.807, 2.05) is 0 Å². The summed E-state index contributed by atoms with van der Waals surface area (Å²) in [5.74, 6) is 0.0966. The van der Waals surface area contributed by atoms with Crippen molar-refractivity contribution < 1.29 is 4.79 Å². The van der Waals surface area contributed by atoms with Gasteiger partial charge in [-0.3, -0.25) is 4.79 Å². The van der Waals surface area contributed by atoms with Crippen molar-refractivity contribution in [3.63, 3.8) is 0 Å². The fourth-order valence-corrected chi connectivity index (χ4v) is 12.0. The SMILES string of the molecule is CC1(c2ccc3c(c2)C2(c4ccc(-c5ccc6c(c5)-c5ccccc5C6(C)C)cc4C3=O)c3ccccc3-c3ccccc32)C=CC2=C(C1)c1ccccc1C2(C)C. The van der Waals surface area contributed by atoms with Crippen LogP contribution in [0.5, 0.6) is 0 Å². The molecule has 0 aromatic heterocycles. The van der Waals surface area contributed by atoms with Crippen LogP contribution in [0.2, 0.25) is 0 Å². The Morgan fingerprint density at radius 2 is 0.914 bits per heavy atom. The minimum Gasteiger partial charge on any atom is -0.289 e. The maximum absolute atomic E-state index is 15.2. The lowest BCUT2D eigenvalue weighted by atomic mass is 9.60. The molecule has 7 aromatic carbocycles. The van der Waals surface area contributed by atoms with Crippen molar-refractivity contribution in [1.82, 2.24) is 0 Å². The second kappa shape index (κ2) is 11.2. The van der Waals surface area contributed by atoms with Crippen LogP contribution < -0.4 is 0 Å². The zero-order valence-electron chi connectivity index (χ0n) is 33.7. The first-order chi connectivity index (χ1) is 28.0. The van der Waals surface area contributed by atoms with Gasteiger partial charge < -0.3 is 0 Å². The molecular weight excluding hydrogens is 701 g/mol. The van der Waals surface area contributed by atoms with E-state index < -0.39 is 5.41 Å². The van der Waals surface area contributed by atoms with E-state index in [4.69, 9.17) is 0 Å². The summed E-state index contributed by atoms with van der Waals surface area (Å²) < 4.78 is 0. The molecule has 5 aliphatic rings. The fraction of sp³-hybridized carbons (Fsp3) is 0.175. The van der Waals surface area contributed by atoms with E-state index in [9.17, 15) is 0 Å². The summed E-state index contributed by atoms with van der Waals surface area (Å²) in [4.78, 5) is 15.2. The van der Waals surface area contributed by atoms with E-state index >= 15 is 4.79 Å². The fourth-order valence-electron chi connectivity index (χ4n) is 12.0. The summed E-state index contributed by atoms with van der Waals surface area (Å²) in [6.45, 7) is 11.7. The molecule has 1 unspecified atom stereocenters. The summed E-state index contributed by atoms with van der Waals surface area (Å²) >= 11 is 0. The quantitative estimate of drug-likeness (QED) is 0.172. The predicted octanol–water partition coefficient (Wildman–Crippen LogP) is 13.5. The Kier molecular flexibility index (Phi) is 6.53. The number of carbonyl (C=O) groups is 1. The number of ketones is 1. The molecular formula is C57H44O. The first-order valence-electron chi connectivity index (χ1n) is 20.8. The van der Waals surface area contributed by atoms with Crippen LogP contribution in [0, 0.1) is 0 Å². The number of fused-ring (bicyclic) bond motifs is 14. The summed E-state index contributed by atoms with van der Waals surface area (Å²) in [7, 11) is 0. The lowest BCUT2D eigenvalue weighted by Gasteiger charge is -2.41. The molecule has 1 nitrogen and oxygen atoms in total. The van der Waals surface area contributed by atoms with Crippen molar-refractivity contribution in [3.05, 3.63) is 231 Å². The van der Waals surface area contributed by atoms with Gasteiger partial charge in [-0.05, 0) is 113 Å². The zero-order valence-corrected chi connectivity index (χ0v) is 33.7. The molecule has 0 heterocycles. The van der Waals surface area contributed by atoms with E-state index in [0.717, 1.165) is 39.8 Å². The monoisotopic (exact) mass is 744 g/mol. The average molecular weight is 745 g/mol. The molecule has 278 valence electrons. The van der Waals surface area contributed by atoms with E-state index in [2.05, 4.69) is 198 Å². The molecule has 0 radical (unpaired) electrons. The van der Waals surface area contributed by atoms with E-state index in [1.54, 1.807) is 0 Å². The van der Waals surface area contributed by atoms with Gasteiger partial charge in [0.1, 0.15) is 0 Å². The number of hydrogen-bond acceptors (Lipinski definition) is 1. The molecule has 1 spiro atoms. The van der Waals surface area contributed by atoms with Crippen molar-refractivity contribution in [2.75, 3.05) is 0 Å². The van der Waals surface area contributed by atoms with Crippen molar-refractivity contribution >= 4 is 11.4 Å². The molecule has 0 saturated heterocycles. The molecule has 1 atom stereocenters. The normalized spacial score (nSPS) is 20.1. The molecule has 7 aromatic rings. The smallest absolute Gasteiger partial charge is 0.193 e. The molecule has 0 bridgehead atoms. The second-order valence-corrected chi connectivity index (χ2v) is 18.6. The third-order valence-electron chi connectivity index (χ3n) is 15.0.